The predicted molar refractivity (Wildman–Crippen MR) is 107 cm³/mol. The fourth-order valence-electron chi connectivity index (χ4n) is 2.44. The maximum Gasteiger partial charge on any atom is 0.269 e. The first-order valence-corrected chi connectivity index (χ1v) is 9.62. The molecule has 26 heavy (non-hydrogen) atoms. The summed E-state index contributed by atoms with van der Waals surface area (Å²) < 4.78 is 6.25. The van der Waals surface area contributed by atoms with Crippen LogP contribution in [0.5, 0.6) is 5.75 Å². The van der Waals surface area contributed by atoms with E-state index in [1.165, 1.54) is 22.7 Å². The summed E-state index contributed by atoms with van der Waals surface area (Å²) in [5.74, 6) is 0.428. The lowest BCUT2D eigenvalue weighted by molar-refractivity contribution is 0.103. The van der Waals surface area contributed by atoms with E-state index in [4.69, 9.17) is 16.3 Å². The van der Waals surface area contributed by atoms with Crippen molar-refractivity contribution in [1.29, 1.82) is 0 Å². The molecule has 0 aliphatic rings. The molecule has 8 heteroatoms. The number of halogens is 1. The number of carbonyl (C=O) groups excluding carboxylic acids is 1. The van der Waals surface area contributed by atoms with Gasteiger partial charge in [-0.2, -0.15) is 0 Å². The SMILES string of the molecule is COc1cccc2sc(NC(=O)c3cnc(-c4ccccc4Cl)s3)nc12. The summed E-state index contributed by atoms with van der Waals surface area (Å²) in [7, 11) is 1.60. The fourth-order valence-corrected chi connectivity index (χ4v) is 4.45. The maximum absolute atomic E-state index is 12.5. The lowest BCUT2D eigenvalue weighted by Gasteiger charge is -1.99. The van der Waals surface area contributed by atoms with E-state index in [1.54, 1.807) is 19.4 Å². The van der Waals surface area contributed by atoms with Crippen LogP contribution in [0.15, 0.2) is 48.7 Å². The summed E-state index contributed by atoms with van der Waals surface area (Å²) in [6, 6.07) is 13.1. The summed E-state index contributed by atoms with van der Waals surface area (Å²) in [6.07, 6.45) is 1.55. The molecule has 0 spiro atoms. The lowest BCUT2D eigenvalue weighted by Crippen LogP contribution is -2.09. The van der Waals surface area contributed by atoms with E-state index in [0.717, 1.165) is 15.8 Å². The largest absolute Gasteiger partial charge is 0.494 e. The molecule has 4 rings (SSSR count). The number of carbonyl (C=O) groups is 1. The molecule has 0 aliphatic heterocycles. The van der Waals surface area contributed by atoms with Crippen molar-refractivity contribution in [3.05, 3.63) is 58.6 Å². The third kappa shape index (κ3) is 3.16. The highest BCUT2D eigenvalue weighted by Gasteiger charge is 2.16. The smallest absolute Gasteiger partial charge is 0.269 e. The Morgan fingerprint density at radius 2 is 2.00 bits per heavy atom. The predicted octanol–water partition coefficient (Wildman–Crippen LogP) is 5.33. The number of hydrogen-bond donors (Lipinski definition) is 1. The normalized spacial score (nSPS) is 10.8. The Morgan fingerprint density at radius 1 is 1.15 bits per heavy atom. The van der Waals surface area contributed by atoms with Crippen molar-refractivity contribution in [3.63, 3.8) is 0 Å². The average molecular weight is 402 g/mol. The number of aromatic nitrogens is 2. The van der Waals surface area contributed by atoms with Crippen molar-refractivity contribution < 1.29 is 9.53 Å². The first-order valence-electron chi connectivity index (χ1n) is 7.61. The highest BCUT2D eigenvalue weighted by atomic mass is 35.5. The van der Waals surface area contributed by atoms with Crippen LogP contribution < -0.4 is 10.1 Å². The second-order valence-electron chi connectivity index (χ2n) is 5.29. The van der Waals surface area contributed by atoms with Gasteiger partial charge in [0, 0.05) is 5.56 Å². The van der Waals surface area contributed by atoms with Crippen LogP contribution in [0.1, 0.15) is 9.67 Å². The minimum absolute atomic E-state index is 0.251. The molecule has 2 aromatic heterocycles. The highest BCUT2D eigenvalue weighted by molar-refractivity contribution is 7.22. The van der Waals surface area contributed by atoms with Crippen LogP contribution in [-0.2, 0) is 0 Å². The summed E-state index contributed by atoms with van der Waals surface area (Å²) in [6.45, 7) is 0. The van der Waals surface area contributed by atoms with Gasteiger partial charge >= 0.3 is 0 Å². The average Bonchev–Trinajstić information content (AvgIpc) is 3.28. The molecule has 1 N–H and O–H groups in total. The van der Waals surface area contributed by atoms with E-state index >= 15 is 0 Å². The number of thiazole rings is 2. The lowest BCUT2D eigenvalue weighted by atomic mass is 10.2. The number of nitrogens with one attached hydrogen (secondary N) is 1. The molecule has 5 nitrogen and oxygen atoms in total. The molecule has 0 aliphatic carbocycles. The van der Waals surface area contributed by atoms with Gasteiger partial charge in [0.15, 0.2) is 5.13 Å². The number of ether oxygens (including phenoxy) is 1. The molecule has 0 bridgehead atoms. The topological polar surface area (TPSA) is 64.1 Å². The second kappa shape index (κ2) is 7.03. The molecule has 4 aromatic rings. The first-order chi connectivity index (χ1) is 12.7. The van der Waals surface area contributed by atoms with Crippen molar-refractivity contribution in [1.82, 2.24) is 9.97 Å². The van der Waals surface area contributed by atoms with Gasteiger partial charge in [0.05, 0.1) is 23.0 Å². The zero-order chi connectivity index (χ0) is 18.1. The number of methoxy groups -OCH3 is 1. The van der Waals surface area contributed by atoms with Gasteiger partial charge in [0.2, 0.25) is 0 Å². The summed E-state index contributed by atoms with van der Waals surface area (Å²) in [5, 5.41) is 4.65. The fraction of sp³-hybridized carbons (Fsp3) is 0.0556. The highest BCUT2D eigenvalue weighted by Crippen LogP contribution is 2.34. The van der Waals surface area contributed by atoms with Gasteiger partial charge in [-0.15, -0.1) is 11.3 Å². The molecule has 0 saturated carbocycles. The van der Waals surface area contributed by atoms with Gasteiger partial charge < -0.3 is 4.74 Å². The molecule has 0 unspecified atom stereocenters. The third-order valence-electron chi connectivity index (χ3n) is 3.66. The van der Waals surface area contributed by atoms with E-state index in [2.05, 4.69) is 15.3 Å². The van der Waals surface area contributed by atoms with Crippen LogP contribution in [0.4, 0.5) is 5.13 Å². The second-order valence-corrected chi connectivity index (χ2v) is 7.76. The van der Waals surface area contributed by atoms with Gasteiger partial charge in [-0.05, 0) is 18.2 Å². The van der Waals surface area contributed by atoms with Crippen LogP contribution in [0.25, 0.3) is 20.8 Å². The minimum atomic E-state index is -0.251. The molecular formula is C18H12ClN3O2S2. The van der Waals surface area contributed by atoms with Crippen LogP contribution in [-0.4, -0.2) is 23.0 Å². The molecule has 0 fully saturated rings. The third-order valence-corrected chi connectivity index (χ3v) is 5.95. The quantitative estimate of drug-likeness (QED) is 0.501. The van der Waals surface area contributed by atoms with E-state index in [-0.39, 0.29) is 5.91 Å². The number of hydrogen-bond acceptors (Lipinski definition) is 6. The van der Waals surface area contributed by atoms with E-state index in [9.17, 15) is 4.79 Å². The molecule has 2 aromatic carbocycles. The number of fused-ring (bicyclic) bond motifs is 1. The zero-order valence-corrected chi connectivity index (χ0v) is 15.9. The molecule has 0 atom stereocenters. The van der Waals surface area contributed by atoms with Gasteiger partial charge in [-0.1, -0.05) is 47.2 Å². The van der Waals surface area contributed by atoms with Crippen LogP contribution >= 0.6 is 34.3 Å². The summed E-state index contributed by atoms with van der Waals surface area (Å²) in [4.78, 5) is 21.8. The molecule has 2 heterocycles. The van der Waals surface area contributed by atoms with Crippen molar-refractivity contribution in [3.8, 4) is 16.3 Å². The minimum Gasteiger partial charge on any atom is -0.494 e. The number of para-hydroxylation sites is 1. The number of benzene rings is 2. The monoisotopic (exact) mass is 401 g/mol. The van der Waals surface area contributed by atoms with Gasteiger partial charge in [0.1, 0.15) is 21.2 Å². The first kappa shape index (κ1) is 17.0. The Bertz CT molecular complexity index is 1110. The number of nitrogens with zero attached hydrogens (tertiary/aromatic N) is 2. The van der Waals surface area contributed by atoms with Crippen LogP contribution in [0, 0.1) is 0 Å². The molecular weight excluding hydrogens is 390 g/mol. The molecule has 0 saturated heterocycles. The number of rotatable bonds is 4. The Balaban J connectivity index is 1.59. The van der Waals surface area contributed by atoms with Crippen molar-refractivity contribution in [2.24, 2.45) is 0 Å². The van der Waals surface area contributed by atoms with Gasteiger partial charge in [0.25, 0.3) is 5.91 Å². The van der Waals surface area contributed by atoms with Crippen LogP contribution in [0.3, 0.4) is 0 Å². The summed E-state index contributed by atoms with van der Waals surface area (Å²) >= 11 is 8.88. The molecule has 0 radical (unpaired) electrons. The van der Waals surface area contributed by atoms with E-state index < -0.39 is 0 Å². The Morgan fingerprint density at radius 3 is 2.81 bits per heavy atom. The Hall–Kier alpha value is -2.48. The summed E-state index contributed by atoms with van der Waals surface area (Å²) in [5.41, 5.74) is 1.54. The Kier molecular flexibility index (Phi) is 4.58. The van der Waals surface area contributed by atoms with E-state index in [1.807, 2.05) is 36.4 Å². The number of amides is 1. The van der Waals surface area contributed by atoms with Crippen molar-refractivity contribution in [2.75, 3.05) is 12.4 Å². The van der Waals surface area contributed by atoms with Gasteiger partial charge in [-0.3, -0.25) is 10.1 Å². The standard InChI is InChI=1S/C18H12ClN3O2S2/c1-24-12-7-4-8-13-15(12)21-18(26-13)22-16(23)14-9-20-17(25-14)10-5-2-3-6-11(10)19/h2-9H,1H3,(H,21,22,23). The van der Waals surface area contributed by atoms with Crippen molar-refractivity contribution >= 4 is 55.5 Å². The van der Waals surface area contributed by atoms with Gasteiger partial charge in [-0.25, -0.2) is 9.97 Å². The van der Waals surface area contributed by atoms with Crippen LogP contribution in [0.2, 0.25) is 5.02 Å². The van der Waals surface area contributed by atoms with E-state index in [0.29, 0.717) is 25.8 Å². The zero-order valence-electron chi connectivity index (χ0n) is 13.5. The maximum atomic E-state index is 12.5. The number of anilines is 1. The van der Waals surface area contributed by atoms with Crippen molar-refractivity contribution in [2.45, 2.75) is 0 Å². The Labute approximate surface area is 162 Å². The molecule has 1 amide bonds. The molecule has 130 valence electrons.